The number of halogens is 1. The summed E-state index contributed by atoms with van der Waals surface area (Å²) in [6, 6.07) is 12.6. The van der Waals surface area contributed by atoms with Gasteiger partial charge in [-0.2, -0.15) is 0 Å². The smallest absolute Gasteiger partial charge is 0.296 e. The molecule has 7 nitrogen and oxygen atoms in total. The van der Waals surface area contributed by atoms with Crippen molar-refractivity contribution in [3.63, 3.8) is 0 Å². The number of likely N-dealkylation sites (tertiary alicyclic amines) is 1. The van der Waals surface area contributed by atoms with E-state index in [1.54, 1.807) is 30.3 Å². The van der Waals surface area contributed by atoms with Crippen molar-refractivity contribution in [2.24, 2.45) is 0 Å². The Kier molecular flexibility index (Phi) is 5.68. The lowest BCUT2D eigenvalue weighted by Crippen LogP contribution is -2.29. The molecular formula is C24H20FNO6. The standard InChI is InChI=1S/C24H20FNO6/c1-30-16-9-10-17(19(12-16)31-2)22(27)20-21(18-4-3-11-32-18)26(24(29)23(20)28)13-14-5-7-15(25)8-6-14/h3-12,21,27H,13H2,1-2H3/b22-20-. The molecule has 0 spiro atoms. The number of benzene rings is 2. The van der Waals surface area contributed by atoms with Gasteiger partial charge in [-0.15, -0.1) is 0 Å². The number of aliphatic hydroxyl groups excluding tert-OH is 1. The monoisotopic (exact) mass is 437 g/mol. The number of carbonyl (C=O) groups excluding carboxylic acids is 2. The quantitative estimate of drug-likeness (QED) is 0.355. The molecule has 1 aromatic heterocycles. The Morgan fingerprint density at radius 3 is 2.47 bits per heavy atom. The van der Waals surface area contributed by atoms with Gasteiger partial charge in [0.25, 0.3) is 11.7 Å². The lowest BCUT2D eigenvalue weighted by atomic mass is 9.98. The van der Waals surface area contributed by atoms with E-state index in [0.29, 0.717) is 17.1 Å². The minimum absolute atomic E-state index is 0.0206. The third-order valence-corrected chi connectivity index (χ3v) is 5.28. The van der Waals surface area contributed by atoms with Crippen LogP contribution < -0.4 is 9.47 Å². The maximum Gasteiger partial charge on any atom is 0.296 e. The van der Waals surface area contributed by atoms with E-state index in [-0.39, 0.29) is 23.4 Å². The summed E-state index contributed by atoms with van der Waals surface area (Å²) >= 11 is 0. The van der Waals surface area contributed by atoms with Gasteiger partial charge >= 0.3 is 0 Å². The van der Waals surface area contributed by atoms with Crippen molar-refractivity contribution in [1.29, 1.82) is 0 Å². The van der Waals surface area contributed by atoms with E-state index in [4.69, 9.17) is 13.9 Å². The Hall–Kier alpha value is -4.07. The second-order valence-electron chi connectivity index (χ2n) is 7.14. The fourth-order valence-corrected chi connectivity index (χ4v) is 3.71. The molecule has 2 aromatic carbocycles. The molecule has 8 heteroatoms. The second kappa shape index (κ2) is 8.58. The van der Waals surface area contributed by atoms with E-state index < -0.39 is 29.3 Å². The maximum absolute atomic E-state index is 13.3. The van der Waals surface area contributed by atoms with Crippen molar-refractivity contribution in [1.82, 2.24) is 4.90 Å². The molecule has 32 heavy (non-hydrogen) atoms. The number of nitrogens with zero attached hydrogens (tertiary/aromatic N) is 1. The normalized spacial score (nSPS) is 17.6. The first-order valence-corrected chi connectivity index (χ1v) is 9.73. The highest BCUT2D eigenvalue weighted by Crippen LogP contribution is 2.42. The molecule has 1 aliphatic rings. The van der Waals surface area contributed by atoms with Crippen LogP contribution in [0.5, 0.6) is 11.5 Å². The van der Waals surface area contributed by atoms with Crippen molar-refractivity contribution >= 4 is 17.4 Å². The summed E-state index contributed by atoms with van der Waals surface area (Å²) in [6.07, 6.45) is 1.42. The number of furan rings is 1. The Morgan fingerprint density at radius 1 is 1.09 bits per heavy atom. The van der Waals surface area contributed by atoms with Crippen LogP contribution in [0.2, 0.25) is 0 Å². The molecule has 1 fully saturated rings. The van der Waals surface area contributed by atoms with Crippen LogP contribution in [0.4, 0.5) is 4.39 Å². The predicted molar refractivity (Wildman–Crippen MR) is 113 cm³/mol. The molecule has 164 valence electrons. The predicted octanol–water partition coefficient (Wildman–Crippen LogP) is 4.06. The van der Waals surface area contributed by atoms with Gasteiger partial charge in [0.2, 0.25) is 0 Å². The number of hydrogen-bond acceptors (Lipinski definition) is 6. The maximum atomic E-state index is 13.3. The third-order valence-electron chi connectivity index (χ3n) is 5.28. The molecule has 3 aromatic rings. The van der Waals surface area contributed by atoms with E-state index in [2.05, 4.69) is 0 Å². The van der Waals surface area contributed by atoms with Crippen LogP contribution in [0.15, 0.2) is 70.9 Å². The number of methoxy groups -OCH3 is 2. The topological polar surface area (TPSA) is 89.2 Å². The lowest BCUT2D eigenvalue weighted by Gasteiger charge is -2.23. The number of aliphatic hydroxyl groups is 1. The highest BCUT2D eigenvalue weighted by molar-refractivity contribution is 6.46. The van der Waals surface area contributed by atoms with E-state index in [1.165, 1.54) is 49.6 Å². The minimum atomic E-state index is -0.970. The van der Waals surface area contributed by atoms with Gasteiger partial charge in [-0.1, -0.05) is 12.1 Å². The summed E-state index contributed by atoms with van der Waals surface area (Å²) in [7, 11) is 2.91. The molecule has 0 bridgehead atoms. The van der Waals surface area contributed by atoms with Crippen molar-refractivity contribution in [2.45, 2.75) is 12.6 Å². The molecule has 1 aliphatic heterocycles. The summed E-state index contributed by atoms with van der Waals surface area (Å²) < 4.78 is 29.3. The number of amides is 1. The Labute approximate surface area is 183 Å². The van der Waals surface area contributed by atoms with E-state index in [9.17, 15) is 19.1 Å². The molecule has 1 atom stereocenters. The first kappa shape index (κ1) is 21.2. The minimum Gasteiger partial charge on any atom is -0.507 e. The summed E-state index contributed by atoms with van der Waals surface area (Å²) in [5.74, 6) is -1.40. The molecule has 1 amide bonds. The molecule has 4 rings (SSSR count). The summed E-state index contributed by atoms with van der Waals surface area (Å²) in [5, 5.41) is 11.1. The number of ketones is 1. The van der Waals surface area contributed by atoms with Gasteiger partial charge in [-0.3, -0.25) is 9.59 Å². The van der Waals surface area contributed by atoms with Gasteiger partial charge in [-0.25, -0.2) is 4.39 Å². The van der Waals surface area contributed by atoms with Gasteiger partial charge in [0.05, 0.1) is 31.6 Å². The fraction of sp³-hybridized carbons (Fsp3) is 0.167. The lowest BCUT2D eigenvalue weighted by molar-refractivity contribution is -0.140. The Balaban J connectivity index is 1.84. The summed E-state index contributed by atoms with van der Waals surface area (Å²) in [5.41, 5.74) is 0.715. The summed E-state index contributed by atoms with van der Waals surface area (Å²) in [4.78, 5) is 27.3. The number of Topliss-reactive ketones (excluding diaryl/α,β-unsaturated/α-hetero) is 1. The fourth-order valence-electron chi connectivity index (χ4n) is 3.71. The van der Waals surface area contributed by atoms with E-state index in [1.807, 2.05) is 0 Å². The third kappa shape index (κ3) is 3.71. The number of ether oxygens (including phenoxy) is 2. The van der Waals surface area contributed by atoms with Crippen molar-refractivity contribution < 1.29 is 33.0 Å². The van der Waals surface area contributed by atoms with Crippen LogP contribution >= 0.6 is 0 Å². The molecule has 1 saturated heterocycles. The molecule has 0 aliphatic carbocycles. The highest BCUT2D eigenvalue weighted by atomic mass is 19.1. The van der Waals surface area contributed by atoms with Crippen LogP contribution in [0.3, 0.4) is 0 Å². The van der Waals surface area contributed by atoms with Gasteiger partial charge in [0.1, 0.15) is 34.9 Å². The van der Waals surface area contributed by atoms with Crippen molar-refractivity contribution in [2.75, 3.05) is 14.2 Å². The number of rotatable bonds is 6. The van der Waals surface area contributed by atoms with Gasteiger partial charge < -0.3 is 23.9 Å². The molecular weight excluding hydrogens is 417 g/mol. The number of hydrogen-bond donors (Lipinski definition) is 1. The van der Waals surface area contributed by atoms with Gasteiger partial charge in [0.15, 0.2) is 0 Å². The SMILES string of the molecule is COc1ccc(/C(O)=C2/C(=O)C(=O)N(Cc3ccc(F)cc3)C2c2ccco2)c(OC)c1. The van der Waals surface area contributed by atoms with Crippen molar-refractivity contribution in [3.8, 4) is 11.5 Å². The zero-order chi connectivity index (χ0) is 22.8. The first-order valence-electron chi connectivity index (χ1n) is 9.73. The zero-order valence-corrected chi connectivity index (χ0v) is 17.4. The molecule has 0 saturated carbocycles. The highest BCUT2D eigenvalue weighted by Gasteiger charge is 2.47. The van der Waals surface area contributed by atoms with Crippen LogP contribution in [-0.2, 0) is 16.1 Å². The molecule has 1 unspecified atom stereocenters. The van der Waals surface area contributed by atoms with E-state index >= 15 is 0 Å². The van der Waals surface area contributed by atoms with Crippen LogP contribution in [0.1, 0.15) is 22.9 Å². The van der Waals surface area contributed by atoms with Crippen LogP contribution in [-0.4, -0.2) is 35.9 Å². The average Bonchev–Trinajstić information content (AvgIpc) is 3.42. The van der Waals surface area contributed by atoms with E-state index in [0.717, 1.165) is 0 Å². The van der Waals surface area contributed by atoms with Crippen molar-refractivity contribution in [3.05, 3.63) is 89.1 Å². The average molecular weight is 437 g/mol. The Bertz CT molecular complexity index is 1180. The van der Waals surface area contributed by atoms with Gasteiger partial charge in [-0.05, 0) is 42.0 Å². The molecule has 0 radical (unpaired) electrons. The zero-order valence-electron chi connectivity index (χ0n) is 17.4. The number of carbonyl (C=O) groups is 2. The molecule has 2 heterocycles. The van der Waals surface area contributed by atoms with Crippen LogP contribution in [0.25, 0.3) is 5.76 Å². The Morgan fingerprint density at radius 2 is 1.84 bits per heavy atom. The van der Waals surface area contributed by atoms with Gasteiger partial charge in [0, 0.05) is 12.6 Å². The molecule has 1 N–H and O–H groups in total. The largest absolute Gasteiger partial charge is 0.507 e. The second-order valence-corrected chi connectivity index (χ2v) is 7.14. The first-order chi connectivity index (χ1) is 15.4. The van der Waals surface area contributed by atoms with Crippen LogP contribution in [0, 0.1) is 5.82 Å². The summed E-state index contributed by atoms with van der Waals surface area (Å²) in [6.45, 7) is 0.0206.